The lowest BCUT2D eigenvalue weighted by Crippen LogP contribution is -2.16. The molecule has 0 amide bonds. The van der Waals surface area contributed by atoms with Crippen LogP contribution >= 0.6 is 12.2 Å². The zero-order valence-electron chi connectivity index (χ0n) is 11.2. The van der Waals surface area contributed by atoms with Gasteiger partial charge < -0.3 is 16.0 Å². The second-order valence-electron chi connectivity index (χ2n) is 4.52. The van der Waals surface area contributed by atoms with Gasteiger partial charge in [0, 0.05) is 12.2 Å². The van der Waals surface area contributed by atoms with Crippen molar-refractivity contribution in [3.63, 3.8) is 0 Å². The number of nitrogens with two attached hydrogens (primary N) is 1. The Kier molecular flexibility index (Phi) is 5.94. The van der Waals surface area contributed by atoms with E-state index in [1.165, 1.54) is 0 Å². The smallest absolute Gasteiger partial charge is 0.223 e. The maximum absolute atomic E-state index is 5.57. The molecule has 6 heteroatoms. The minimum Gasteiger partial charge on any atom is -0.388 e. The van der Waals surface area contributed by atoms with Crippen LogP contribution in [-0.4, -0.2) is 47.0 Å². The van der Waals surface area contributed by atoms with E-state index in [1.54, 1.807) is 6.07 Å². The van der Waals surface area contributed by atoms with Crippen molar-refractivity contribution in [1.82, 2.24) is 14.9 Å². The van der Waals surface area contributed by atoms with Gasteiger partial charge >= 0.3 is 0 Å². The second-order valence-corrected chi connectivity index (χ2v) is 4.96. The van der Waals surface area contributed by atoms with Crippen molar-refractivity contribution in [3.8, 4) is 0 Å². The van der Waals surface area contributed by atoms with Gasteiger partial charge in [0.1, 0.15) is 10.7 Å². The quantitative estimate of drug-likeness (QED) is 0.571. The highest BCUT2D eigenvalue weighted by molar-refractivity contribution is 7.80. The average Bonchev–Trinajstić information content (AvgIpc) is 2.27. The van der Waals surface area contributed by atoms with Gasteiger partial charge in [0.15, 0.2) is 0 Å². The summed E-state index contributed by atoms with van der Waals surface area (Å²) in [7, 11) is 4.15. The molecule has 1 rings (SSSR count). The molecule has 0 saturated carbocycles. The minimum absolute atomic E-state index is 0.302. The zero-order valence-corrected chi connectivity index (χ0v) is 12.0. The maximum Gasteiger partial charge on any atom is 0.223 e. The van der Waals surface area contributed by atoms with Crippen molar-refractivity contribution >= 4 is 23.2 Å². The molecule has 18 heavy (non-hydrogen) atoms. The third-order valence-electron chi connectivity index (χ3n) is 2.42. The van der Waals surface area contributed by atoms with Crippen LogP contribution in [0.4, 0.5) is 5.95 Å². The molecule has 0 aliphatic carbocycles. The van der Waals surface area contributed by atoms with Crippen LogP contribution < -0.4 is 11.1 Å². The molecule has 100 valence electrons. The van der Waals surface area contributed by atoms with Crippen molar-refractivity contribution in [2.24, 2.45) is 5.73 Å². The molecule has 0 aliphatic rings. The molecule has 5 nitrogen and oxygen atoms in total. The molecule has 3 N–H and O–H groups in total. The Morgan fingerprint density at radius 3 is 2.72 bits per heavy atom. The first-order valence-electron chi connectivity index (χ1n) is 6.03. The Hall–Kier alpha value is -1.27. The van der Waals surface area contributed by atoms with Gasteiger partial charge in [-0.1, -0.05) is 12.2 Å². The fourth-order valence-corrected chi connectivity index (χ4v) is 1.63. The standard InChI is InChI=1S/C12H21N5S/c1-9-8-10(11(13)18)16-12(15-9)14-6-4-5-7-17(2)3/h8H,4-7H2,1-3H3,(H2,13,18)(H,14,15,16). The third-order valence-corrected chi connectivity index (χ3v) is 2.63. The Morgan fingerprint density at radius 1 is 1.39 bits per heavy atom. The Balaban J connectivity index is 2.44. The zero-order chi connectivity index (χ0) is 13.5. The molecule has 1 heterocycles. The predicted octanol–water partition coefficient (Wildman–Crippen LogP) is 1.17. The van der Waals surface area contributed by atoms with E-state index in [-0.39, 0.29) is 0 Å². The SMILES string of the molecule is Cc1cc(C(N)=S)nc(NCCCCN(C)C)n1. The molecular formula is C12H21N5S. The van der Waals surface area contributed by atoms with Crippen LogP contribution in [-0.2, 0) is 0 Å². The number of nitrogens with zero attached hydrogens (tertiary/aromatic N) is 3. The van der Waals surface area contributed by atoms with Crippen LogP contribution in [0.15, 0.2) is 6.07 Å². The van der Waals surface area contributed by atoms with Crippen LogP contribution in [0.25, 0.3) is 0 Å². The molecule has 0 bridgehead atoms. The van der Waals surface area contributed by atoms with Crippen molar-refractivity contribution in [2.75, 3.05) is 32.5 Å². The molecule has 0 spiro atoms. The van der Waals surface area contributed by atoms with Crippen LogP contribution in [0.3, 0.4) is 0 Å². The number of unbranched alkanes of at least 4 members (excludes halogenated alkanes) is 1. The topological polar surface area (TPSA) is 67.1 Å². The van der Waals surface area contributed by atoms with E-state index < -0.39 is 0 Å². The fraction of sp³-hybridized carbons (Fsp3) is 0.583. The van der Waals surface area contributed by atoms with Gasteiger partial charge in [-0.15, -0.1) is 0 Å². The van der Waals surface area contributed by atoms with Crippen LogP contribution in [0.5, 0.6) is 0 Å². The van der Waals surface area contributed by atoms with E-state index in [0.29, 0.717) is 16.6 Å². The van der Waals surface area contributed by atoms with Gasteiger partial charge in [-0.2, -0.15) is 0 Å². The summed E-state index contributed by atoms with van der Waals surface area (Å²) in [4.78, 5) is 11.0. The highest BCUT2D eigenvalue weighted by Crippen LogP contribution is 2.05. The monoisotopic (exact) mass is 267 g/mol. The lowest BCUT2D eigenvalue weighted by molar-refractivity contribution is 0.396. The van der Waals surface area contributed by atoms with Crippen molar-refractivity contribution in [2.45, 2.75) is 19.8 Å². The Labute approximate surface area is 114 Å². The van der Waals surface area contributed by atoms with Gasteiger partial charge in [-0.25, -0.2) is 9.97 Å². The van der Waals surface area contributed by atoms with Crippen molar-refractivity contribution < 1.29 is 0 Å². The molecule has 0 unspecified atom stereocenters. The lowest BCUT2D eigenvalue weighted by Gasteiger charge is -2.10. The fourth-order valence-electron chi connectivity index (χ4n) is 1.53. The molecule has 0 atom stereocenters. The number of anilines is 1. The first-order valence-corrected chi connectivity index (χ1v) is 6.44. The number of rotatable bonds is 7. The van der Waals surface area contributed by atoms with E-state index in [1.807, 2.05) is 6.92 Å². The first-order chi connectivity index (χ1) is 8.49. The summed E-state index contributed by atoms with van der Waals surface area (Å²) < 4.78 is 0. The molecule has 0 aromatic carbocycles. The van der Waals surface area contributed by atoms with Gasteiger partial charge in [0.2, 0.25) is 5.95 Å². The summed E-state index contributed by atoms with van der Waals surface area (Å²) in [5.41, 5.74) is 7.05. The summed E-state index contributed by atoms with van der Waals surface area (Å²) in [6.07, 6.45) is 2.23. The number of hydrogen-bond acceptors (Lipinski definition) is 5. The normalized spacial score (nSPS) is 10.7. The van der Waals surface area contributed by atoms with E-state index >= 15 is 0 Å². The van der Waals surface area contributed by atoms with Gasteiger partial charge in [-0.3, -0.25) is 0 Å². The molecule has 0 fully saturated rings. The molecular weight excluding hydrogens is 246 g/mol. The second kappa shape index (κ2) is 7.23. The van der Waals surface area contributed by atoms with Gasteiger partial charge in [0.05, 0.1) is 0 Å². The summed E-state index contributed by atoms with van der Waals surface area (Å²) in [5.74, 6) is 0.600. The lowest BCUT2D eigenvalue weighted by atomic mass is 10.3. The molecule has 1 aromatic heterocycles. The molecule has 1 aromatic rings. The van der Waals surface area contributed by atoms with Crippen LogP contribution in [0, 0.1) is 6.92 Å². The maximum atomic E-state index is 5.57. The van der Waals surface area contributed by atoms with Crippen molar-refractivity contribution in [3.05, 3.63) is 17.5 Å². The number of thiocarbonyl (C=S) groups is 1. The third kappa shape index (κ3) is 5.37. The summed E-state index contributed by atoms with van der Waals surface area (Å²) in [6, 6.07) is 1.79. The predicted molar refractivity (Wildman–Crippen MR) is 78.9 cm³/mol. The summed E-state index contributed by atoms with van der Waals surface area (Å²) >= 11 is 4.92. The highest BCUT2D eigenvalue weighted by Gasteiger charge is 2.03. The van der Waals surface area contributed by atoms with Crippen LogP contribution in [0.1, 0.15) is 24.2 Å². The first kappa shape index (κ1) is 14.8. The number of aryl methyl sites for hydroxylation is 1. The Bertz CT molecular complexity index is 405. The van der Waals surface area contributed by atoms with E-state index in [2.05, 4.69) is 34.3 Å². The molecule has 0 aliphatic heterocycles. The number of nitrogens with one attached hydrogen (secondary N) is 1. The van der Waals surface area contributed by atoms with Gasteiger partial charge in [-0.05, 0) is 46.5 Å². The Morgan fingerprint density at radius 2 is 2.11 bits per heavy atom. The number of hydrogen-bond donors (Lipinski definition) is 2. The molecule has 0 radical (unpaired) electrons. The largest absolute Gasteiger partial charge is 0.388 e. The van der Waals surface area contributed by atoms with Gasteiger partial charge in [0.25, 0.3) is 0 Å². The number of aromatic nitrogens is 2. The molecule has 0 saturated heterocycles. The van der Waals surface area contributed by atoms with E-state index in [0.717, 1.165) is 31.6 Å². The summed E-state index contributed by atoms with van der Waals surface area (Å²) in [6.45, 7) is 3.85. The highest BCUT2D eigenvalue weighted by atomic mass is 32.1. The summed E-state index contributed by atoms with van der Waals surface area (Å²) in [5, 5.41) is 3.20. The average molecular weight is 267 g/mol. The minimum atomic E-state index is 0.302. The van der Waals surface area contributed by atoms with E-state index in [9.17, 15) is 0 Å². The van der Waals surface area contributed by atoms with E-state index in [4.69, 9.17) is 18.0 Å². The van der Waals surface area contributed by atoms with Crippen molar-refractivity contribution in [1.29, 1.82) is 0 Å². The van der Waals surface area contributed by atoms with Crippen LogP contribution in [0.2, 0.25) is 0 Å².